The highest BCUT2D eigenvalue weighted by molar-refractivity contribution is 8.16. The van der Waals surface area contributed by atoms with Gasteiger partial charge in [0.1, 0.15) is 5.75 Å². The van der Waals surface area contributed by atoms with Crippen LogP contribution in [0.3, 0.4) is 0 Å². The Labute approximate surface area is 111 Å². The summed E-state index contributed by atoms with van der Waals surface area (Å²) in [6.07, 6.45) is 1.66. The van der Waals surface area contributed by atoms with E-state index in [1.165, 1.54) is 0 Å². The van der Waals surface area contributed by atoms with Crippen LogP contribution in [0, 0.1) is 6.92 Å². The van der Waals surface area contributed by atoms with Crippen molar-refractivity contribution in [2.45, 2.75) is 32.0 Å². The first-order valence-electron chi connectivity index (χ1n) is 5.67. The number of pyridine rings is 1. The molecule has 0 spiro atoms. The summed E-state index contributed by atoms with van der Waals surface area (Å²) < 4.78 is 0.161. The van der Waals surface area contributed by atoms with Crippen molar-refractivity contribution in [1.82, 2.24) is 4.98 Å². The van der Waals surface area contributed by atoms with E-state index in [9.17, 15) is 10.2 Å². The predicted octanol–water partition coefficient (Wildman–Crippen LogP) is 3.09. The molecule has 0 aliphatic rings. The Hall–Kier alpha value is -0.390. The number of aromatic nitrogens is 1. The van der Waals surface area contributed by atoms with Gasteiger partial charge in [-0.15, -0.1) is 23.5 Å². The van der Waals surface area contributed by atoms with Crippen molar-refractivity contribution in [3.05, 3.63) is 23.0 Å². The lowest BCUT2D eigenvalue weighted by Gasteiger charge is -2.20. The second-order valence-corrected chi connectivity index (χ2v) is 6.59. The first-order chi connectivity index (χ1) is 8.15. The fraction of sp³-hybridized carbons (Fsp3) is 0.583. The number of hydrogen-bond acceptors (Lipinski definition) is 5. The number of aliphatic hydroxyl groups is 1. The molecule has 0 amide bonds. The van der Waals surface area contributed by atoms with Gasteiger partial charge in [0.2, 0.25) is 0 Å². The van der Waals surface area contributed by atoms with E-state index in [4.69, 9.17) is 0 Å². The van der Waals surface area contributed by atoms with Crippen LogP contribution in [0.4, 0.5) is 0 Å². The molecule has 0 radical (unpaired) electrons. The zero-order valence-electron chi connectivity index (χ0n) is 10.4. The van der Waals surface area contributed by atoms with Gasteiger partial charge in [-0.2, -0.15) is 0 Å². The third-order valence-corrected chi connectivity index (χ3v) is 4.96. The first-order valence-corrected chi connectivity index (χ1v) is 7.76. The number of thioether (sulfide) groups is 2. The third kappa shape index (κ3) is 3.53. The molecular formula is C12H19NO2S2. The number of hydrogen-bond donors (Lipinski definition) is 2. The molecule has 0 fully saturated rings. The number of nitrogens with zero attached hydrogens (tertiary/aromatic N) is 1. The van der Waals surface area contributed by atoms with Crippen molar-refractivity contribution < 1.29 is 10.2 Å². The average Bonchev–Trinajstić information content (AvgIpc) is 2.32. The molecule has 2 N–H and O–H groups in total. The van der Waals surface area contributed by atoms with Crippen LogP contribution >= 0.6 is 23.5 Å². The van der Waals surface area contributed by atoms with Crippen molar-refractivity contribution >= 4 is 23.5 Å². The molecule has 0 aliphatic carbocycles. The lowest BCUT2D eigenvalue weighted by molar-refractivity contribution is 0.279. The van der Waals surface area contributed by atoms with Crippen LogP contribution in [0.15, 0.2) is 6.20 Å². The number of rotatable bonds is 6. The van der Waals surface area contributed by atoms with Gasteiger partial charge < -0.3 is 10.2 Å². The van der Waals surface area contributed by atoms with Crippen LogP contribution in [0.2, 0.25) is 0 Å². The summed E-state index contributed by atoms with van der Waals surface area (Å²) in [6.45, 7) is 5.89. The molecule has 0 saturated carbocycles. The molecule has 0 atom stereocenters. The van der Waals surface area contributed by atoms with Crippen molar-refractivity contribution in [3.63, 3.8) is 0 Å². The van der Waals surface area contributed by atoms with Crippen molar-refractivity contribution in [3.8, 4) is 5.75 Å². The smallest absolute Gasteiger partial charge is 0.142 e. The number of aromatic hydroxyl groups is 1. The van der Waals surface area contributed by atoms with Crippen LogP contribution in [0.25, 0.3) is 0 Å². The van der Waals surface area contributed by atoms with Gasteiger partial charge in [0.15, 0.2) is 0 Å². The molecule has 1 aromatic heterocycles. The third-order valence-electron chi connectivity index (χ3n) is 2.40. The molecule has 1 aromatic rings. The molecule has 1 heterocycles. The Morgan fingerprint density at radius 3 is 2.35 bits per heavy atom. The van der Waals surface area contributed by atoms with Gasteiger partial charge in [-0.1, -0.05) is 13.8 Å². The van der Waals surface area contributed by atoms with E-state index in [2.05, 4.69) is 18.8 Å². The van der Waals surface area contributed by atoms with E-state index in [1.54, 1.807) is 36.6 Å². The Balaban J connectivity index is 3.18. The fourth-order valence-electron chi connectivity index (χ4n) is 1.56. The van der Waals surface area contributed by atoms with Crippen LogP contribution in [-0.2, 0) is 6.61 Å². The minimum Gasteiger partial charge on any atom is -0.506 e. The molecule has 3 nitrogen and oxygen atoms in total. The number of aliphatic hydroxyl groups excluding tert-OH is 1. The summed E-state index contributed by atoms with van der Waals surface area (Å²) in [5.41, 5.74) is 2.18. The molecule has 0 bridgehead atoms. The van der Waals surface area contributed by atoms with Gasteiger partial charge in [0, 0.05) is 17.3 Å². The highest BCUT2D eigenvalue weighted by Gasteiger charge is 2.21. The van der Waals surface area contributed by atoms with Gasteiger partial charge in [-0.25, -0.2) is 0 Å². The summed E-state index contributed by atoms with van der Waals surface area (Å²) in [4.78, 5) is 4.08. The fourth-order valence-corrected chi connectivity index (χ4v) is 4.23. The zero-order valence-corrected chi connectivity index (χ0v) is 12.1. The Morgan fingerprint density at radius 1 is 1.29 bits per heavy atom. The minimum atomic E-state index is -0.0821. The topological polar surface area (TPSA) is 53.4 Å². The highest BCUT2D eigenvalue weighted by Crippen LogP contribution is 2.45. The molecule has 1 rings (SSSR count). The maximum absolute atomic E-state index is 10.1. The molecule has 0 aromatic carbocycles. The first kappa shape index (κ1) is 14.7. The lowest BCUT2D eigenvalue weighted by atomic mass is 10.1. The van der Waals surface area contributed by atoms with Crippen LogP contribution in [0.5, 0.6) is 5.75 Å². The SMILES string of the molecule is CCSC(SCC)c1c(CO)cnc(C)c1O. The number of aryl methyl sites for hydroxylation is 1. The highest BCUT2D eigenvalue weighted by atomic mass is 32.2. The summed E-state index contributed by atoms with van der Waals surface area (Å²) in [5, 5.41) is 19.5. The van der Waals surface area contributed by atoms with E-state index in [1.807, 2.05) is 0 Å². The van der Waals surface area contributed by atoms with Crippen LogP contribution in [-0.4, -0.2) is 26.7 Å². The summed E-state index contributed by atoms with van der Waals surface area (Å²) in [6, 6.07) is 0. The van der Waals surface area contributed by atoms with Crippen molar-refractivity contribution in [1.29, 1.82) is 0 Å². The van der Waals surface area contributed by atoms with E-state index < -0.39 is 0 Å². The summed E-state index contributed by atoms with van der Waals surface area (Å²) in [5.74, 6) is 2.18. The van der Waals surface area contributed by atoms with Crippen LogP contribution in [0.1, 0.15) is 35.3 Å². The van der Waals surface area contributed by atoms with E-state index in [0.717, 1.165) is 22.6 Å². The second-order valence-electron chi connectivity index (χ2n) is 3.53. The summed E-state index contributed by atoms with van der Waals surface area (Å²) in [7, 11) is 0. The summed E-state index contributed by atoms with van der Waals surface area (Å²) >= 11 is 3.54. The van der Waals surface area contributed by atoms with Gasteiger partial charge in [0.25, 0.3) is 0 Å². The zero-order chi connectivity index (χ0) is 12.8. The molecule has 0 unspecified atom stereocenters. The molecule has 96 valence electrons. The quantitative estimate of drug-likeness (QED) is 0.780. The predicted molar refractivity (Wildman–Crippen MR) is 75.6 cm³/mol. The van der Waals surface area contributed by atoms with Gasteiger partial charge >= 0.3 is 0 Å². The minimum absolute atomic E-state index is 0.0821. The van der Waals surface area contributed by atoms with Crippen LogP contribution < -0.4 is 0 Å². The normalized spacial score (nSPS) is 11.1. The maximum Gasteiger partial charge on any atom is 0.142 e. The maximum atomic E-state index is 10.1. The Kier molecular flexibility index (Phi) is 6.16. The average molecular weight is 273 g/mol. The van der Waals surface area contributed by atoms with Gasteiger partial charge in [-0.3, -0.25) is 4.98 Å². The monoisotopic (exact) mass is 273 g/mol. The molecule has 0 saturated heterocycles. The van der Waals surface area contributed by atoms with E-state index in [0.29, 0.717) is 5.69 Å². The van der Waals surface area contributed by atoms with E-state index in [-0.39, 0.29) is 16.9 Å². The second kappa shape index (κ2) is 7.13. The van der Waals surface area contributed by atoms with Gasteiger partial charge in [0.05, 0.1) is 16.9 Å². The molecule has 0 aliphatic heterocycles. The van der Waals surface area contributed by atoms with Crippen molar-refractivity contribution in [2.24, 2.45) is 0 Å². The standard InChI is InChI=1S/C12H19NO2S2/c1-4-16-12(17-5-2)10-9(7-14)6-13-8(3)11(10)15/h6,12,14-15H,4-5,7H2,1-3H3. The molecular weight excluding hydrogens is 254 g/mol. The van der Waals surface area contributed by atoms with Gasteiger partial charge in [-0.05, 0) is 18.4 Å². The lowest BCUT2D eigenvalue weighted by Crippen LogP contribution is -2.02. The Morgan fingerprint density at radius 2 is 1.88 bits per heavy atom. The Bertz CT molecular complexity index is 366. The molecule has 17 heavy (non-hydrogen) atoms. The molecule has 5 heteroatoms. The van der Waals surface area contributed by atoms with E-state index >= 15 is 0 Å². The van der Waals surface area contributed by atoms with Crippen molar-refractivity contribution in [2.75, 3.05) is 11.5 Å². The largest absolute Gasteiger partial charge is 0.506 e.